The van der Waals surface area contributed by atoms with E-state index in [-0.39, 0.29) is 11.9 Å². The molecule has 0 aliphatic rings. The van der Waals surface area contributed by atoms with Crippen LogP contribution in [0.15, 0.2) is 41.0 Å². The van der Waals surface area contributed by atoms with Gasteiger partial charge in [0.05, 0.1) is 6.04 Å². The molecule has 2 N–H and O–H groups in total. The molecule has 100 valence electrons. The van der Waals surface area contributed by atoms with E-state index in [2.05, 4.69) is 26.2 Å². The molecule has 2 rings (SSSR count). The standard InChI is InChI=1S/C14H14BrClN2O/c1-2-12(9-3-5-11(16)6-4-9)18-14(19)13-7-10(15)8-17-13/h3-8,12,17H,2H2,1H3,(H,18,19). The van der Waals surface area contributed by atoms with Gasteiger partial charge in [-0.25, -0.2) is 0 Å². The molecule has 3 nitrogen and oxygen atoms in total. The van der Waals surface area contributed by atoms with E-state index in [0.717, 1.165) is 16.5 Å². The Balaban J connectivity index is 2.11. The number of carbonyl (C=O) groups is 1. The summed E-state index contributed by atoms with van der Waals surface area (Å²) < 4.78 is 0.859. The van der Waals surface area contributed by atoms with E-state index in [1.165, 1.54) is 0 Å². The molecule has 0 aliphatic heterocycles. The van der Waals surface area contributed by atoms with Crippen LogP contribution in [0, 0.1) is 0 Å². The predicted octanol–water partition coefficient (Wildman–Crippen LogP) is 4.31. The molecule has 5 heteroatoms. The van der Waals surface area contributed by atoms with Crippen LogP contribution in [0.3, 0.4) is 0 Å². The molecule has 1 aromatic carbocycles. The fourth-order valence-electron chi connectivity index (χ4n) is 1.85. The first-order valence-electron chi connectivity index (χ1n) is 6.00. The van der Waals surface area contributed by atoms with Gasteiger partial charge in [-0.1, -0.05) is 30.7 Å². The SMILES string of the molecule is CCC(NC(=O)c1cc(Br)c[nH]1)c1ccc(Cl)cc1. The van der Waals surface area contributed by atoms with Gasteiger partial charge in [-0.3, -0.25) is 4.79 Å². The van der Waals surface area contributed by atoms with E-state index in [1.807, 2.05) is 31.2 Å². The van der Waals surface area contributed by atoms with Gasteiger partial charge in [0.25, 0.3) is 5.91 Å². The Bertz CT molecular complexity index is 565. The number of carbonyl (C=O) groups excluding carboxylic acids is 1. The van der Waals surface area contributed by atoms with Crippen LogP contribution in [0.5, 0.6) is 0 Å². The highest BCUT2D eigenvalue weighted by molar-refractivity contribution is 9.10. The Morgan fingerprint density at radius 1 is 1.42 bits per heavy atom. The number of aromatic amines is 1. The third kappa shape index (κ3) is 3.61. The normalized spacial score (nSPS) is 12.2. The molecule has 0 radical (unpaired) electrons. The van der Waals surface area contributed by atoms with Crippen LogP contribution in [0.25, 0.3) is 0 Å². The van der Waals surface area contributed by atoms with E-state index in [1.54, 1.807) is 12.3 Å². The Hall–Kier alpha value is -1.26. The summed E-state index contributed by atoms with van der Waals surface area (Å²) >= 11 is 9.18. The average Bonchev–Trinajstić information content (AvgIpc) is 2.84. The molecule has 0 spiro atoms. The molecule has 2 aromatic rings. The minimum Gasteiger partial charge on any atom is -0.356 e. The minimum atomic E-state index is -0.118. The lowest BCUT2D eigenvalue weighted by atomic mass is 10.0. The van der Waals surface area contributed by atoms with Crippen molar-refractivity contribution >= 4 is 33.4 Å². The van der Waals surface area contributed by atoms with E-state index >= 15 is 0 Å². The van der Waals surface area contributed by atoms with Crippen molar-refractivity contribution in [2.75, 3.05) is 0 Å². The third-order valence-corrected chi connectivity index (χ3v) is 3.59. The number of nitrogens with one attached hydrogen (secondary N) is 2. The van der Waals surface area contributed by atoms with Gasteiger partial charge in [0.2, 0.25) is 0 Å². The maximum absolute atomic E-state index is 12.1. The van der Waals surface area contributed by atoms with Crippen LogP contribution < -0.4 is 5.32 Å². The van der Waals surface area contributed by atoms with Gasteiger partial charge < -0.3 is 10.3 Å². The van der Waals surface area contributed by atoms with Crippen LogP contribution in [-0.4, -0.2) is 10.9 Å². The summed E-state index contributed by atoms with van der Waals surface area (Å²) in [5.74, 6) is -0.118. The lowest BCUT2D eigenvalue weighted by Crippen LogP contribution is -2.28. The third-order valence-electron chi connectivity index (χ3n) is 2.88. The van der Waals surface area contributed by atoms with Crippen molar-refractivity contribution in [3.05, 3.63) is 57.3 Å². The van der Waals surface area contributed by atoms with Gasteiger partial charge in [0.1, 0.15) is 5.69 Å². The topological polar surface area (TPSA) is 44.9 Å². The summed E-state index contributed by atoms with van der Waals surface area (Å²) in [5.41, 5.74) is 1.59. The largest absolute Gasteiger partial charge is 0.356 e. The fraction of sp³-hybridized carbons (Fsp3) is 0.214. The minimum absolute atomic E-state index is 0.0214. The summed E-state index contributed by atoms with van der Waals surface area (Å²) in [4.78, 5) is 15.0. The van der Waals surface area contributed by atoms with Crippen molar-refractivity contribution in [3.8, 4) is 0 Å². The van der Waals surface area contributed by atoms with Crippen molar-refractivity contribution in [1.29, 1.82) is 0 Å². The molecule has 1 aromatic heterocycles. The van der Waals surface area contributed by atoms with E-state index in [0.29, 0.717) is 10.7 Å². The molecule has 0 bridgehead atoms. The second kappa shape index (κ2) is 6.26. The molecule has 0 saturated carbocycles. The van der Waals surface area contributed by atoms with Gasteiger partial charge in [0.15, 0.2) is 0 Å². The van der Waals surface area contributed by atoms with Gasteiger partial charge in [-0.2, -0.15) is 0 Å². The zero-order chi connectivity index (χ0) is 13.8. The number of amides is 1. The van der Waals surface area contributed by atoms with Crippen LogP contribution in [0.1, 0.15) is 35.4 Å². The average molecular weight is 342 g/mol. The van der Waals surface area contributed by atoms with Crippen LogP contribution >= 0.6 is 27.5 Å². The summed E-state index contributed by atoms with van der Waals surface area (Å²) in [5, 5.41) is 3.69. The van der Waals surface area contributed by atoms with Crippen LogP contribution in [0.4, 0.5) is 0 Å². The Morgan fingerprint density at radius 2 is 2.11 bits per heavy atom. The first-order chi connectivity index (χ1) is 9.10. The molecule has 0 fully saturated rings. The summed E-state index contributed by atoms with van der Waals surface area (Å²) in [6.07, 6.45) is 2.55. The molecule has 1 amide bonds. The van der Waals surface area contributed by atoms with Crippen LogP contribution in [0.2, 0.25) is 5.02 Å². The Morgan fingerprint density at radius 3 is 2.63 bits per heavy atom. The van der Waals surface area contributed by atoms with Crippen molar-refractivity contribution in [1.82, 2.24) is 10.3 Å². The summed E-state index contributed by atoms with van der Waals surface area (Å²) in [6.45, 7) is 2.03. The quantitative estimate of drug-likeness (QED) is 0.855. The summed E-state index contributed by atoms with van der Waals surface area (Å²) in [7, 11) is 0. The highest BCUT2D eigenvalue weighted by Crippen LogP contribution is 2.20. The van der Waals surface area contributed by atoms with Gasteiger partial charge in [-0.15, -0.1) is 0 Å². The molecular formula is C14H14BrClN2O. The zero-order valence-electron chi connectivity index (χ0n) is 10.4. The Kier molecular flexibility index (Phi) is 4.66. The van der Waals surface area contributed by atoms with Crippen molar-refractivity contribution < 1.29 is 4.79 Å². The lowest BCUT2D eigenvalue weighted by Gasteiger charge is -2.17. The molecule has 1 unspecified atom stereocenters. The lowest BCUT2D eigenvalue weighted by molar-refractivity contribution is 0.0931. The predicted molar refractivity (Wildman–Crippen MR) is 80.4 cm³/mol. The van der Waals surface area contributed by atoms with Crippen molar-refractivity contribution in [2.45, 2.75) is 19.4 Å². The van der Waals surface area contributed by atoms with Crippen molar-refractivity contribution in [2.24, 2.45) is 0 Å². The number of H-pyrrole nitrogens is 1. The number of benzene rings is 1. The van der Waals surface area contributed by atoms with Gasteiger partial charge in [0, 0.05) is 15.7 Å². The second-order valence-electron chi connectivity index (χ2n) is 4.22. The molecule has 19 heavy (non-hydrogen) atoms. The molecular weight excluding hydrogens is 328 g/mol. The monoisotopic (exact) mass is 340 g/mol. The fourth-order valence-corrected chi connectivity index (χ4v) is 2.32. The van der Waals surface area contributed by atoms with Crippen LogP contribution in [-0.2, 0) is 0 Å². The van der Waals surface area contributed by atoms with Crippen molar-refractivity contribution in [3.63, 3.8) is 0 Å². The number of halogens is 2. The van der Waals surface area contributed by atoms with E-state index < -0.39 is 0 Å². The maximum Gasteiger partial charge on any atom is 0.268 e. The maximum atomic E-state index is 12.1. The Labute approximate surface area is 125 Å². The first-order valence-corrected chi connectivity index (χ1v) is 7.17. The number of hydrogen-bond acceptors (Lipinski definition) is 1. The number of rotatable bonds is 4. The smallest absolute Gasteiger partial charge is 0.268 e. The molecule has 1 atom stereocenters. The number of aromatic nitrogens is 1. The molecule has 0 saturated heterocycles. The second-order valence-corrected chi connectivity index (χ2v) is 5.57. The van der Waals surface area contributed by atoms with Gasteiger partial charge in [-0.05, 0) is 46.1 Å². The van der Waals surface area contributed by atoms with E-state index in [4.69, 9.17) is 11.6 Å². The highest BCUT2D eigenvalue weighted by atomic mass is 79.9. The highest BCUT2D eigenvalue weighted by Gasteiger charge is 2.15. The van der Waals surface area contributed by atoms with Gasteiger partial charge >= 0.3 is 0 Å². The zero-order valence-corrected chi connectivity index (χ0v) is 12.8. The summed E-state index contributed by atoms with van der Waals surface area (Å²) in [6, 6.07) is 9.26. The van der Waals surface area contributed by atoms with E-state index in [9.17, 15) is 4.79 Å². The first kappa shape index (κ1) is 14.2. The molecule has 1 heterocycles. The number of hydrogen-bond donors (Lipinski definition) is 2. The molecule has 0 aliphatic carbocycles.